The van der Waals surface area contributed by atoms with Gasteiger partial charge in [-0.15, -0.1) is 0 Å². The van der Waals surface area contributed by atoms with Gasteiger partial charge < -0.3 is 0 Å². The molecule has 0 aliphatic rings. The van der Waals surface area contributed by atoms with Crippen LogP contribution in [0, 0.1) is 16.0 Å². The van der Waals surface area contributed by atoms with Gasteiger partial charge in [-0.2, -0.15) is 0 Å². The summed E-state index contributed by atoms with van der Waals surface area (Å²) in [4.78, 5) is 26.7. The summed E-state index contributed by atoms with van der Waals surface area (Å²) in [5.41, 5.74) is 1.71. The molecule has 0 atom stereocenters. The van der Waals surface area contributed by atoms with E-state index < -0.39 is 10.8 Å². The maximum absolute atomic E-state index is 11.7. The van der Waals surface area contributed by atoms with Crippen molar-refractivity contribution >= 4 is 23.2 Å². The van der Waals surface area contributed by atoms with E-state index in [4.69, 9.17) is 16.4 Å². The summed E-state index contributed by atoms with van der Waals surface area (Å²) in [6.07, 6.45) is 0. The summed E-state index contributed by atoms with van der Waals surface area (Å²) in [7, 11) is 0. The fraction of sp³-hybridized carbons (Fsp3) is 0.364. The molecule has 0 saturated heterocycles. The Bertz CT molecular complexity index is 462. The highest BCUT2D eigenvalue weighted by atomic mass is 35.5. The highest BCUT2D eigenvalue weighted by molar-refractivity contribution is 6.31. The van der Waals surface area contributed by atoms with E-state index in [1.807, 2.05) is 13.8 Å². The number of amides is 1. The Balaban J connectivity index is 2.84. The topological polar surface area (TPSA) is 81.5 Å². The molecule has 1 rings (SSSR count). The van der Waals surface area contributed by atoms with Crippen molar-refractivity contribution < 1.29 is 14.6 Å². The van der Waals surface area contributed by atoms with Gasteiger partial charge in [0.05, 0.1) is 11.5 Å². The molecule has 0 radical (unpaired) electrons. The first-order chi connectivity index (χ1) is 8.41. The number of carbonyl (C=O) groups excluding carboxylic acids is 1. The summed E-state index contributed by atoms with van der Waals surface area (Å²) >= 11 is 5.71. The van der Waals surface area contributed by atoms with Crippen molar-refractivity contribution in [1.29, 1.82) is 0 Å². The van der Waals surface area contributed by atoms with E-state index >= 15 is 0 Å². The van der Waals surface area contributed by atoms with E-state index in [0.29, 0.717) is 6.61 Å². The predicted molar refractivity (Wildman–Crippen MR) is 66.4 cm³/mol. The Labute approximate surface area is 109 Å². The smallest absolute Gasteiger partial charge is 0.273 e. The number of hydrogen-bond acceptors (Lipinski definition) is 4. The van der Waals surface area contributed by atoms with Crippen LogP contribution in [0.2, 0.25) is 5.02 Å². The van der Waals surface area contributed by atoms with Crippen LogP contribution in [0.25, 0.3) is 0 Å². The van der Waals surface area contributed by atoms with Crippen molar-refractivity contribution in [1.82, 2.24) is 5.48 Å². The molecule has 7 heteroatoms. The number of carbonyl (C=O) groups is 1. The first kappa shape index (κ1) is 14.4. The Morgan fingerprint density at radius 2 is 2.22 bits per heavy atom. The third kappa shape index (κ3) is 3.97. The molecule has 1 N–H and O–H groups in total. The summed E-state index contributed by atoms with van der Waals surface area (Å²) in [5, 5.41) is 11.0. The normalized spacial score (nSPS) is 10.4. The zero-order chi connectivity index (χ0) is 13.7. The highest BCUT2D eigenvalue weighted by Gasteiger charge is 2.20. The van der Waals surface area contributed by atoms with Crippen molar-refractivity contribution in [2.45, 2.75) is 13.8 Å². The monoisotopic (exact) mass is 272 g/mol. The van der Waals surface area contributed by atoms with Gasteiger partial charge >= 0.3 is 0 Å². The lowest BCUT2D eigenvalue weighted by Crippen LogP contribution is -2.26. The molecular weight excluding hydrogens is 260 g/mol. The van der Waals surface area contributed by atoms with E-state index in [2.05, 4.69) is 5.48 Å². The molecule has 0 aromatic heterocycles. The Morgan fingerprint density at radius 3 is 2.78 bits per heavy atom. The summed E-state index contributed by atoms with van der Waals surface area (Å²) in [5.74, 6) is -0.454. The summed E-state index contributed by atoms with van der Waals surface area (Å²) < 4.78 is 0. The minimum absolute atomic E-state index is 0.128. The second-order valence-corrected chi connectivity index (χ2v) is 4.49. The SMILES string of the molecule is CC(C)CONC(=O)c1cc(Cl)ccc1[N+](=O)[O-]. The van der Waals surface area contributed by atoms with Gasteiger partial charge in [0.25, 0.3) is 11.6 Å². The molecule has 0 bridgehead atoms. The van der Waals surface area contributed by atoms with E-state index in [-0.39, 0.29) is 22.2 Å². The average molecular weight is 273 g/mol. The fourth-order valence-corrected chi connectivity index (χ4v) is 1.35. The van der Waals surface area contributed by atoms with Crippen LogP contribution in [0.1, 0.15) is 24.2 Å². The molecule has 1 amide bonds. The molecule has 0 aliphatic carbocycles. The van der Waals surface area contributed by atoms with Crippen LogP contribution < -0.4 is 5.48 Å². The number of nitro benzene ring substituents is 1. The lowest BCUT2D eigenvalue weighted by atomic mass is 10.2. The molecule has 0 heterocycles. The van der Waals surface area contributed by atoms with Crippen molar-refractivity contribution in [3.05, 3.63) is 38.9 Å². The minimum atomic E-state index is -0.690. The third-order valence-corrected chi connectivity index (χ3v) is 2.22. The number of rotatable bonds is 5. The molecule has 0 aliphatic heterocycles. The summed E-state index contributed by atoms with van der Waals surface area (Å²) in [6, 6.07) is 3.76. The molecule has 0 saturated carbocycles. The zero-order valence-corrected chi connectivity index (χ0v) is 10.7. The van der Waals surface area contributed by atoms with Gasteiger partial charge in [-0.05, 0) is 18.1 Å². The van der Waals surface area contributed by atoms with Gasteiger partial charge in [0, 0.05) is 11.1 Å². The minimum Gasteiger partial charge on any atom is -0.273 e. The van der Waals surface area contributed by atoms with Crippen molar-refractivity contribution in [2.24, 2.45) is 5.92 Å². The van der Waals surface area contributed by atoms with Crippen molar-refractivity contribution in [3.63, 3.8) is 0 Å². The molecule has 18 heavy (non-hydrogen) atoms. The number of hydrogen-bond donors (Lipinski definition) is 1. The molecule has 98 valence electrons. The van der Waals surface area contributed by atoms with Crippen LogP contribution in [-0.2, 0) is 4.84 Å². The Hall–Kier alpha value is -1.66. The van der Waals surface area contributed by atoms with Gasteiger partial charge in [-0.3, -0.25) is 19.7 Å². The molecule has 0 unspecified atom stereocenters. The van der Waals surface area contributed by atoms with Gasteiger partial charge in [-0.1, -0.05) is 25.4 Å². The first-order valence-corrected chi connectivity index (χ1v) is 5.65. The zero-order valence-electron chi connectivity index (χ0n) is 9.97. The van der Waals surface area contributed by atoms with Crippen molar-refractivity contribution in [2.75, 3.05) is 6.61 Å². The van der Waals surface area contributed by atoms with Crippen LogP contribution >= 0.6 is 11.6 Å². The van der Waals surface area contributed by atoms with E-state index in [1.54, 1.807) is 0 Å². The van der Waals surface area contributed by atoms with Gasteiger partial charge in [-0.25, -0.2) is 5.48 Å². The lowest BCUT2D eigenvalue weighted by Gasteiger charge is -2.08. The number of halogens is 1. The summed E-state index contributed by atoms with van der Waals surface area (Å²) in [6.45, 7) is 4.14. The standard InChI is InChI=1S/C11H13ClN2O4/c1-7(2)6-18-13-11(15)9-5-8(12)3-4-10(9)14(16)17/h3-5,7H,6H2,1-2H3,(H,13,15). The number of nitrogens with zero attached hydrogens (tertiary/aromatic N) is 1. The fourth-order valence-electron chi connectivity index (χ4n) is 1.18. The van der Waals surface area contributed by atoms with E-state index in [9.17, 15) is 14.9 Å². The average Bonchev–Trinajstić information content (AvgIpc) is 2.27. The molecule has 1 aromatic carbocycles. The second-order valence-electron chi connectivity index (χ2n) is 4.05. The molecular formula is C11H13ClN2O4. The van der Waals surface area contributed by atoms with E-state index in [1.165, 1.54) is 18.2 Å². The van der Waals surface area contributed by atoms with Gasteiger partial charge in [0.2, 0.25) is 0 Å². The second kappa shape index (κ2) is 6.32. The number of benzene rings is 1. The van der Waals surface area contributed by atoms with Crippen LogP contribution in [-0.4, -0.2) is 17.4 Å². The van der Waals surface area contributed by atoms with Crippen molar-refractivity contribution in [3.8, 4) is 0 Å². The van der Waals surface area contributed by atoms with Crippen LogP contribution in [0.3, 0.4) is 0 Å². The third-order valence-electron chi connectivity index (χ3n) is 1.98. The number of nitrogens with one attached hydrogen (secondary N) is 1. The molecule has 1 aromatic rings. The number of hydroxylamine groups is 1. The molecule has 6 nitrogen and oxygen atoms in total. The quantitative estimate of drug-likeness (QED) is 0.660. The van der Waals surface area contributed by atoms with Gasteiger partial charge in [0.15, 0.2) is 0 Å². The Kier molecular flexibility index (Phi) is 5.06. The number of nitro groups is 1. The maximum Gasteiger partial charge on any atom is 0.282 e. The first-order valence-electron chi connectivity index (χ1n) is 5.28. The maximum atomic E-state index is 11.7. The van der Waals surface area contributed by atoms with Crippen LogP contribution in [0.5, 0.6) is 0 Å². The van der Waals surface area contributed by atoms with Gasteiger partial charge in [0.1, 0.15) is 5.56 Å². The molecule has 0 fully saturated rings. The largest absolute Gasteiger partial charge is 0.282 e. The molecule has 0 spiro atoms. The predicted octanol–water partition coefficient (Wildman–Crippen LogP) is 2.57. The van der Waals surface area contributed by atoms with Crippen LogP contribution in [0.4, 0.5) is 5.69 Å². The lowest BCUT2D eigenvalue weighted by molar-refractivity contribution is -0.385. The highest BCUT2D eigenvalue weighted by Crippen LogP contribution is 2.22. The van der Waals surface area contributed by atoms with E-state index in [0.717, 1.165) is 0 Å². The van der Waals surface area contributed by atoms with Crippen LogP contribution in [0.15, 0.2) is 18.2 Å². The Morgan fingerprint density at radius 1 is 1.56 bits per heavy atom.